The number of carbonyl (C=O) groups is 2. The van der Waals surface area contributed by atoms with Crippen molar-refractivity contribution in [1.29, 1.82) is 0 Å². The highest BCUT2D eigenvalue weighted by Gasteiger charge is 2.15. The molecule has 4 aromatic carbocycles. The minimum absolute atomic E-state index is 0.0763. The van der Waals surface area contributed by atoms with E-state index in [1.54, 1.807) is 0 Å². The van der Waals surface area contributed by atoms with Gasteiger partial charge in [0, 0.05) is 43.2 Å². The van der Waals surface area contributed by atoms with Crippen molar-refractivity contribution in [2.75, 3.05) is 59.5 Å². The first kappa shape index (κ1) is 95.5. The van der Waals surface area contributed by atoms with Crippen LogP contribution < -0.4 is 29.4 Å². The lowest BCUT2D eigenvalue weighted by atomic mass is 9.99. The first-order valence-corrected chi connectivity index (χ1v) is 45.9. The summed E-state index contributed by atoms with van der Waals surface area (Å²) in [5.74, 6) is 3.91. The summed E-state index contributed by atoms with van der Waals surface area (Å²) in [5, 5.41) is 0. The van der Waals surface area contributed by atoms with E-state index >= 15 is 0 Å². The smallest absolute Gasteiger partial charge is 0.163 e. The van der Waals surface area contributed by atoms with Crippen molar-refractivity contribution in [3.8, 4) is 28.7 Å². The maximum absolute atomic E-state index is 13.7. The molecule has 10 nitrogen and oxygen atoms in total. The van der Waals surface area contributed by atoms with Gasteiger partial charge in [0.05, 0.1) is 39.1 Å². The van der Waals surface area contributed by atoms with Gasteiger partial charge >= 0.3 is 0 Å². The number of nitrogens with two attached hydrogens (primary N) is 1. The summed E-state index contributed by atoms with van der Waals surface area (Å²) in [4.78, 5) is 26.9. The Morgan fingerprint density at radius 2 is 0.481 bits per heavy atom. The van der Waals surface area contributed by atoms with Crippen LogP contribution in [0.4, 0.5) is 0 Å². The van der Waals surface area contributed by atoms with Gasteiger partial charge in [0.1, 0.15) is 42.0 Å². The molecule has 0 fully saturated rings. The van der Waals surface area contributed by atoms with E-state index in [-0.39, 0.29) is 17.6 Å². The van der Waals surface area contributed by atoms with Gasteiger partial charge in [-0.1, -0.05) is 372 Å². The molecule has 0 bridgehead atoms. The number of rotatable bonds is 80. The molecule has 0 heterocycles. The Morgan fingerprint density at radius 3 is 0.750 bits per heavy atom. The zero-order valence-electron chi connectivity index (χ0n) is 70.3. The summed E-state index contributed by atoms with van der Waals surface area (Å²) in [6, 6.07) is 27.1. The Balaban J connectivity index is 1.04. The standard InChI is InChI=1S/C98H163NO9/c1-5-8-11-14-17-20-23-26-29-32-35-38-41-44-47-50-53-56-73-104-93-81-86(4)80-89(82-93)96(100)61-59-71-102-76-78-107-91-67-63-87(64-68-91)98(99)88-65-69-92(70-66-88)108-79-77-103-72-60-62-97(101)90-83-94(105-74-57-54-51-48-45-42-39-36-33-30-27-24-21-18-15-12-9-6-2)85-95(84-90)106-75-58-55-52-49-46-43-40-37-34-31-28-25-22-19-16-13-10-7-3/h63-70,80-85,98H,5-62,71-79,99H2,1-4H3. The predicted octanol–water partition coefficient (Wildman–Crippen LogP) is 29.4. The molecular weight excluding hydrogens is 1340 g/mol. The first-order valence-electron chi connectivity index (χ1n) is 45.9. The second-order valence-electron chi connectivity index (χ2n) is 31.9. The van der Waals surface area contributed by atoms with Gasteiger partial charge in [0.15, 0.2) is 11.6 Å². The Labute approximate surface area is 663 Å². The van der Waals surface area contributed by atoms with E-state index in [1.807, 2.05) is 91.9 Å². The lowest BCUT2D eigenvalue weighted by Crippen LogP contribution is -2.12. The molecule has 0 aromatic heterocycles. The summed E-state index contributed by atoms with van der Waals surface area (Å²) < 4.78 is 42.6. The lowest BCUT2D eigenvalue weighted by Gasteiger charge is -2.15. The van der Waals surface area contributed by atoms with E-state index < -0.39 is 0 Å². The molecule has 0 radical (unpaired) electrons. The highest BCUT2D eigenvalue weighted by Crippen LogP contribution is 2.29. The first-order chi connectivity index (χ1) is 53.3. The molecule has 1 unspecified atom stereocenters. The number of Topliss-reactive ketones (excluding diaryl/α,β-unsaturated/α-hetero) is 2. The van der Waals surface area contributed by atoms with Crippen LogP contribution in [0.25, 0.3) is 0 Å². The third-order valence-corrected chi connectivity index (χ3v) is 21.7. The van der Waals surface area contributed by atoms with Crippen LogP contribution in [0.5, 0.6) is 28.7 Å². The Bertz CT molecular complexity index is 2610. The van der Waals surface area contributed by atoms with Crippen molar-refractivity contribution in [2.24, 2.45) is 5.73 Å². The fourth-order valence-electron chi connectivity index (χ4n) is 14.8. The molecule has 614 valence electrons. The monoisotopic (exact) mass is 1500 g/mol. The van der Waals surface area contributed by atoms with E-state index in [4.69, 9.17) is 38.9 Å². The number of hydrogen-bond acceptors (Lipinski definition) is 10. The Hall–Kier alpha value is -4.90. The zero-order valence-corrected chi connectivity index (χ0v) is 70.3. The van der Waals surface area contributed by atoms with Crippen LogP contribution in [0.1, 0.15) is 437 Å². The molecule has 10 heteroatoms. The molecule has 4 rings (SSSR count). The third kappa shape index (κ3) is 53.1. The van der Waals surface area contributed by atoms with Crippen LogP contribution >= 0.6 is 0 Å². The predicted molar refractivity (Wildman–Crippen MR) is 459 cm³/mol. The molecule has 0 spiro atoms. The van der Waals surface area contributed by atoms with Gasteiger partial charge in [0.25, 0.3) is 0 Å². The van der Waals surface area contributed by atoms with Gasteiger partial charge in [0.2, 0.25) is 0 Å². The molecule has 1 atom stereocenters. The fourth-order valence-corrected chi connectivity index (χ4v) is 14.8. The highest BCUT2D eigenvalue weighted by atomic mass is 16.5. The van der Waals surface area contributed by atoms with Crippen LogP contribution in [0.3, 0.4) is 0 Å². The third-order valence-electron chi connectivity index (χ3n) is 21.7. The zero-order chi connectivity index (χ0) is 76.7. The maximum atomic E-state index is 13.7. The fraction of sp³-hybridized carbons (Fsp3) is 0.735. The molecular formula is C98H163NO9. The van der Waals surface area contributed by atoms with Gasteiger partial charge in [-0.3, -0.25) is 9.59 Å². The molecule has 4 aromatic rings. The van der Waals surface area contributed by atoms with Crippen molar-refractivity contribution in [3.05, 3.63) is 113 Å². The molecule has 0 amide bonds. The van der Waals surface area contributed by atoms with Crippen LogP contribution in [0.2, 0.25) is 0 Å². The van der Waals surface area contributed by atoms with Gasteiger partial charge in [-0.05, 0) is 110 Å². The van der Waals surface area contributed by atoms with E-state index in [0.29, 0.717) is 96.3 Å². The van der Waals surface area contributed by atoms with Crippen molar-refractivity contribution in [2.45, 2.75) is 406 Å². The molecule has 2 N–H and O–H groups in total. The quantitative estimate of drug-likeness (QED) is 0.0337. The summed E-state index contributed by atoms with van der Waals surface area (Å²) in [6.45, 7) is 13.5. The number of aryl methyl sites for hydroxylation is 1. The average Bonchev–Trinajstić information content (AvgIpc) is 0.851. The second-order valence-corrected chi connectivity index (χ2v) is 31.9. The van der Waals surface area contributed by atoms with Crippen LogP contribution in [-0.2, 0) is 9.47 Å². The SMILES string of the molecule is CCCCCCCCCCCCCCCCCCCCOc1cc(C)cc(C(=O)CCCOCCOc2ccc(C(N)c3ccc(OCCOCCCC(=O)c4cc(OCCCCCCCCCCCCCCCCCCCC)cc(OCCCCCCCCCCCCCCCCCCCC)c4)cc3)cc2)c1. The largest absolute Gasteiger partial charge is 0.494 e. The molecule has 0 saturated carbocycles. The van der Waals surface area contributed by atoms with Crippen LogP contribution in [-0.4, -0.2) is 71.0 Å². The Kier molecular flexibility index (Phi) is 61.9. The minimum Gasteiger partial charge on any atom is -0.494 e. The van der Waals surface area contributed by atoms with E-state index in [0.717, 1.165) is 64.7 Å². The van der Waals surface area contributed by atoms with E-state index in [9.17, 15) is 9.59 Å². The molecule has 108 heavy (non-hydrogen) atoms. The van der Waals surface area contributed by atoms with E-state index in [2.05, 4.69) is 20.8 Å². The molecule has 0 aliphatic carbocycles. The molecule has 0 aliphatic rings. The number of benzene rings is 4. The lowest BCUT2D eigenvalue weighted by molar-refractivity contribution is 0.0867. The van der Waals surface area contributed by atoms with Crippen LogP contribution in [0, 0.1) is 6.92 Å². The summed E-state index contributed by atoms with van der Waals surface area (Å²) in [6.07, 6.45) is 75.3. The molecule has 0 saturated heterocycles. The number of carbonyl (C=O) groups excluding carboxylic acids is 2. The summed E-state index contributed by atoms with van der Waals surface area (Å²) >= 11 is 0. The number of unbranched alkanes of at least 4 members (excludes halogenated alkanes) is 51. The van der Waals surface area contributed by atoms with E-state index in [1.165, 1.54) is 327 Å². The molecule has 0 aliphatic heterocycles. The summed E-state index contributed by atoms with van der Waals surface area (Å²) in [5.41, 5.74) is 11.1. The van der Waals surface area contributed by atoms with Crippen molar-refractivity contribution in [3.63, 3.8) is 0 Å². The van der Waals surface area contributed by atoms with Gasteiger partial charge in [-0.2, -0.15) is 0 Å². The maximum Gasteiger partial charge on any atom is 0.163 e. The normalized spacial score (nSPS) is 11.8. The Morgan fingerprint density at radius 1 is 0.250 bits per heavy atom. The topological polar surface area (TPSA) is 125 Å². The number of ketones is 2. The van der Waals surface area contributed by atoms with Crippen molar-refractivity contribution < 1.29 is 42.7 Å². The number of ether oxygens (including phenoxy) is 7. The second kappa shape index (κ2) is 70.0. The average molecular weight is 1500 g/mol. The van der Waals surface area contributed by atoms with Crippen molar-refractivity contribution >= 4 is 11.6 Å². The minimum atomic E-state index is -0.312. The number of hydrogen-bond donors (Lipinski definition) is 1. The van der Waals surface area contributed by atoms with Gasteiger partial charge < -0.3 is 38.9 Å². The van der Waals surface area contributed by atoms with Crippen LogP contribution in [0.15, 0.2) is 84.9 Å². The van der Waals surface area contributed by atoms with Crippen molar-refractivity contribution in [1.82, 2.24) is 0 Å². The highest BCUT2D eigenvalue weighted by molar-refractivity contribution is 5.97. The van der Waals surface area contributed by atoms with Gasteiger partial charge in [-0.15, -0.1) is 0 Å². The van der Waals surface area contributed by atoms with Gasteiger partial charge in [-0.25, -0.2) is 0 Å². The summed E-state index contributed by atoms with van der Waals surface area (Å²) in [7, 11) is 0.